The zero-order valence-corrected chi connectivity index (χ0v) is 18.4. The molecule has 0 unspecified atom stereocenters. The molecule has 32 heavy (non-hydrogen) atoms. The molecule has 0 aliphatic carbocycles. The third kappa shape index (κ3) is 6.18. The molecular weight excluding hydrogens is 438 g/mol. The van der Waals surface area contributed by atoms with Gasteiger partial charge in [0.2, 0.25) is 0 Å². The van der Waals surface area contributed by atoms with Gasteiger partial charge in [-0.05, 0) is 37.3 Å². The van der Waals surface area contributed by atoms with Gasteiger partial charge in [-0.1, -0.05) is 11.6 Å². The number of nitrogens with zero attached hydrogens (tertiary/aromatic N) is 3. The van der Waals surface area contributed by atoms with Gasteiger partial charge in [0.1, 0.15) is 12.4 Å². The molecule has 10 heteroatoms. The Balaban J connectivity index is 1.56. The molecule has 0 bridgehead atoms. The summed E-state index contributed by atoms with van der Waals surface area (Å²) < 4.78 is 10.6. The SMILES string of the molecule is CCOC(=O)c1cc(C(=O)N2CCN(CCOc3ccc(Cl)cc3)CC2)cc([N+](=O)[O-])c1. The smallest absolute Gasteiger partial charge is 0.338 e. The van der Waals surface area contributed by atoms with Gasteiger partial charge in [0.15, 0.2) is 0 Å². The standard InChI is InChI=1S/C22H24ClN3O6/c1-2-31-22(28)17-13-16(14-19(15-17)26(29)30)21(27)25-9-7-24(8-10-25)11-12-32-20-5-3-18(23)4-6-20/h3-6,13-15H,2,7-12H2,1H3. The maximum Gasteiger partial charge on any atom is 0.338 e. The van der Waals surface area contributed by atoms with Gasteiger partial charge in [0, 0.05) is 55.4 Å². The van der Waals surface area contributed by atoms with Crippen LogP contribution in [-0.4, -0.2) is 72.5 Å². The second kappa shape index (κ2) is 10.9. The van der Waals surface area contributed by atoms with E-state index in [-0.39, 0.29) is 29.3 Å². The average molecular weight is 462 g/mol. The van der Waals surface area contributed by atoms with Gasteiger partial charge in [-0.3, -0.25) is 19.8 Å². The van der Waals surface area contributed by atoms with Crippen LogP contribution in [0.15, 0.2) is 42.5 Å². The summed E-state index contributed by atoms with van der Waals surface area (Å²) in [5.41, 5.74) is -0.235. The Morgan fingerprint density at radius 1 is 1.06 bits per heavy atom. The third-order valence-electron chi connectivity index (χ3n) is 5.04. The molecule has 9 nitrogen and oxygen atoms in total. The highest BCUT2D eigenvalue weighted by atomic mass is 35.5. The number of carbonyl (C=O) groups excluding carboxylic acids is 2. The van der Waals surface area contributed by atoms with E-state index >= 15 is 0 Å². The van der Waals surface area contributed by atoms with Crippen LogP contribution in [0, 0.1) is 10.1 Å². The van der Waals surface area contributed by atoms with Gasteiger partial charge >= 0.3 is 5.97 Å². The third-order valence-corrected chi connectivity index (χ3v) is 5.29. The zero-order valence-electron chi connectivity index (χ0n) is 17.7. The molecule has 1 fully saturated rings. The lowest BCUT2D eigenvalue weighted by Crippen LogP contribution is -2.49. The van der Waals surface area contributed by atoms with E-state index in [9.17, 15) is 19.7 Å². The van der Waals surface area contributed by atoms with Crippen molar-refractivity contribution in [2.45, 2.75) is 6.92 Å². The largest absolute Gasteiger partial charge is 0.492 e. The van der Waals surface area contributed by atoms with E-state index < -0.39 is 10.9 Å². The summed E-state index contributed by atoms with van der Waals surface area (Å²) in [6, 6.07) is 10.8. The van der Waals surface area contributed by atoms with Gasteiger partial charge in [0.05, 0.1) is 17.1 Å². The molecule has 2 aromatic rings. The Kier molecular flexibility index (Phi) is 8.02. The minimum Gasteiger partial charge on any atom is -0.492 e. The lowest BCUT2D eigenvalue weighted by Gasteiger charge is -2.34. The number of benzene rings is 2. The Bertz CT molecular complexity index is 974. The van der Waals surface area contributed by atoms with E-state index in [4.69, 9.17) is 21.1 Å². The van der Waals surface area contributed by atoms with Crippen molar-refractivity contribution in [2.24, 2.45) is 0 Å². The monoisotopic (exact) mass is 461 g/mol. The van der Waals surface area contributed by atoms with E-state index in [0.717, 1.165) is 11.8 Å². The highest BCUT2D eigenvalue weighted by molar-refractivity contribution is 6.30. The predicted octanol–water partition coefficient (Wildman–Crippen LogP) is 3.26. The fourth-order valence-electron chi connectivity index (χ4n) is 3.35. The van der Waals surface area contributed by atoms with Crippen molar-refractivity contribution < 1.29 is 24.0 Å². The molecule has 1 aliphatic rings. The number of non-ortho nitro benzene ring substituents is 1. The Morgan fingerprint density at radius 2 is 1.72 bits per heavy atom. The van der Waals surface area contributed by atoms with Crippen molar-refractivity contribution in [1.82, 2.24) is 9.80 Å². The number of hydrogen-bond acceptors (Lipinski definition) is 7. The van der Waals surface area contributed by atoms with E-state index in [1.807, 2.05) is 12.1 Å². The molecular formula is C22H24ClN3O6. The number of piperazine rings is 1. The van der Waals surface area contributed by atoms with E-state index in [0.29, 0.717) is 44.4 Å². The maximum absolute atomic E-state index is 12.9. The summed E-state index contributed by atoms with van der Waals surface area (Å²) in [6.45, 7) is 5.22. The lowest BCUT2D eigenvalue weighted by molar-refractivity contribution is -0.384. The summed E-state index contributed by atoms with van der Waals surface area (Å²) in [7, 11) is 0. The fourth-order valence-corrected chi connectivity index (χ4v) is 3.48. The van der Waals surface area contributed by atoms with Crippen molar-refractivity contribution in [3.8, 4) is 5.75 Å². The van der Waals surface area contributed by atoms with Crippen LogP contribution in [-0.2, 0) is 4.74 Å². The van der Waals surface area contributed by atoms with Gasteiger partial charge in [-0.15, -0.1) is 0 Å². The van der Waals surface area contributed by atoms with Crippen LogP contribution in [0.1, 0.15) is 27.6 Å². The molecule has 1 aliphatic heterocycles. The molecule has 1 amide bonds. The van der Waals surface area contributed by atoms with Gasteiger partial charge < -0.3 is 14.4 Å². The van der Waals surface area contributed by atoms with Crippen molar-refractivity contribution in [3.63, 3.8) is 0 Å². The maximum atomic E-state index is 12.9. The number of rotatable bonds is 8. The molecule has 0 atom stereocenters. The number of nitro benzene ring substituents is 1. The first-order valence-electron chi connectivity index (χ1n) is 10.2. The van der Waals surface area contributed by atoms with E-state index in [1.54, 1.807) is 24.0 Å². The van der Waals surface area contributed by atoms with Gasteiger partial charge in [-0.25, -0.2) is 4.79 Å². The first-order valence-corrected chi connectivity index (χ1v) is 10.6. The van der Waals surface area contributed by atoms with Gasteiger partial charge in [0.25, 0.3) is 11.6 Å². The van der Waals surface area contributed by atoms with Crippen LogP contribution in [0.5, 0.6) is 5.75 Å². The highest BCUT2D eigenvalue weighted by Gasteiger charge is 2.25. The molecule has 0 saturated carbocycles. The van der Waals surface area contributed by atoms with Gasteiger partial charge in [-0.2, -0.15) is 0 Å². The number of amides is 1. The summed E-state index contributed by atoms with van der Waals surface area (Å²) >= 11 is 5.86. The van der Waals surface area contributed by atoms with Crippen molar-refractivity contribution in [2.75, 3.05) is 45.9 Å². The van der Waals surface area contributed by atoms with Crippen molar-refractivity contribution in [3.05, 3.63) is 68.7 Å². The molecule has 3 rings (SSSR count). The van der Waals surface area contributed by atoms with Crippen LogP contribution in [0.3, 0.4) is 0 Å². The Hall–Kier alpha value is -3.17. The first-order chi connectivity index (χ1) is 15.4. The van der Waals surface area contributed by atoms with Crippen LogP contribution in [0.4, 0.5) is 5.69 Å². The Labute approximate surface area is 190 Å². The summed E-state index contributed by atoms with van der Waals surface area (Å²) in [6.07, 6.45) is 0. The number of ether oxygens (including phenoxy) is 2. The van der Waals surface area contributed by atoms with Crippen LogP contribution < -0.4 is 4.74 Å². The molecule has 2 aromatic carbocycles. The summed E-state index contributed by atoms with van der Waals surface area (Å²) in [5.74, 6) is -0.307. The molecule has 170 valence electrons. The van der Waals surface area contributed by atoms with Crippen molar-refractivity contribution in [1.29, 1.82) is 0 Å². The molecule has 0 aromatic heterocycles. The molecule has 0 spiro atoms. The summed E-state index contributed by atoms with van der Waals surface area (Å²) in [5, 5.41) is 11.9. The Morgan fingerprint density at radius 3 is 2.34 bits per heavy atom. The fraction of sp³-hybridized carbons (Fsp3) is 0.364. The van der Waals surface area contributed by atoms with Crippen LogP contribution >= 0.6 is 11.6 Å². The van der Waals surface area contributed by atoms with Crippen molar-refractivity contribution >= 4 is 29.2 Å². The predicted molar refractivity (Wildman–Crippen MR) is 118 cm³/mol. The van der Waals surface area contributed by atoms with E-state index in [1.165, 1.54) is 12.1 Å². The first kappa shape index (κ1) is 23.5. The average Bonchev–Trinajstić information content (AvgIpc) is 2.80. The van der Waals surface area contributed by atoms with Crippen LogP contribution in [0.2, 0.25) is 5.02 Å². The molecule has 0 radical (unpaired) electrons. The number of nitro groups is 1. The number of esters is 1. The minimum absolute atomic E-state index is 0.0117. The second-order valence-electron chi connectivity index (χ2n) is 7.18. The van der Waals surface area contributed by atoms with E-state index in [2.05, 4.69) is 4.90 Å². The number of halogens is 1. The lowest BCUT2D eigenvalue weighted by atomic mass is 10.1. The summed E-state index contributed by atoms with van der Waals surface area (Å²) in [4.78, 5) is 39.4. The molecule has 1 heterocycles. The second-order valence-corrected chi connectivity index (χ2v) is 7.62. The number of carbonyl (C=O) groups is 2. The topological polar surface area (TPSA) is 102 Å². The minimum atomic E-state index is -0.698. The molecule has 1 saturated heterocycles. The van der Waals surface area contributed by atoms with Crippen LogP contribution in [0.25, 0.3) is 0 Å². The highest BCUT2D eigenvalue weighted by Crippen LogP contribution is 2.20. The number of hydrogen-bond donors (Lipinski definition) is 0. The normalized spacial score (nSPS) is 14.1. The zero-order chi connectivity index (χ0) is 23.1. The quantitative estimate of drug-likeness (QED) is 0.337. The molecule has 0 N–H and O–H groups in total.